The molecule has 0 aliphatic carbocycles. The molecule has 1 rings (SSSR count). The van der Waals surface area contributed by atoms with E-state index >= 15 is 0 Å². The molecule has 0 saturated carbocycles. The highest BCUT2D eigenvalue weighted by molar-refractivity contribution is 5.85. The minimum absolute atomic E-state index is 0.0294. The van der Waals surface area contributed by atoms with Crippen molar-refractivity contribution in [3.63, 3.8) is 0 Å². The van der Waals surface area contributed by atoms with Crippen LogP contribution >= 0.6 is 0 Å². The number of rotatable bonds is 8. The molecular formula is C15H23N3O2. The highest BCUT2D eigenvalue weighted by Crippen LogP contribution is 1.98. The van der Waals surface area contributed by atoms with Gasteiger partial charge >= 0.3 is 0 Å². The lowest BCUT2D eigenvalue weighted by Crippen LogP contribution is -2.41. The summed E-state index contributed by atoms with van der Waals surface area (Å²) in [7, 11) is 1.79. The minimum Gasteiger partial charge on any atom is -0.354 e. The molecule has 1 unspecified atom stereocenters. The van der Waals surface area contributed by atoms with Crippen LogP contribution in [0.25, 0.3) is 0 Å². The molecule has 1 aromatic carbocycles. The van der Waals surface area contributed by atoms with E-state index in [0.717, 1.165) is 6.42 Å². The Morgan fingerprint density at radius 2 is 1.85 bits per heavy atom. The molecular weight excluding hydrogens is 254 g/mol. The van der Waals surface area contributed by atoms with E-state index < -0.39 is 0 Å². The van der Waals surface area contributed by atoms with Crippen molar-refractivity contribution >= 4 is 11.8 Å². The zero-order valence-electron chi connectivity index (χ0n) is 12.1. The summed E-state index contributed by atoms with van der Waals surface area (Å²) in [5.41, 5.74) is 1.18. The number of hydrogen-bond donors (Lipinski definition) is 3. The monoisotopic (exact) mass is 277 g/mol. The van der Waals surface area contributed by atoms with Crippen LogP contribution in [0.3, 0.4) is 0 Å². The Morgan fingerprint density at radius 3 is 2.50 bits per heavy atom. The van der Waals surface area contributed by atoms with Gasteiger partial charge in [0.2, 0.25) is 11.8 Å². The molecule has 5 nitrogen and oxygen atoms in total. The van der Waals surface area contributed by atoms with Crippen LogP contribution in [0.2, 0.25) is 0 Å². The van der Waals surface area contributed by atoms with Crippen molar-refractivity contribution in [3.05, 3.63) is 35.9 Å². The van der Waals surface area contributed by atoms with Gasteiger partial charge in [0.05, 0.1) is 6.54 Å². The van der Waals surface area contributed by atoms with E-state index in [1.165, 1.54) is 5.56 Å². The van der Waals surface area contributed by atoms with E-state index in [9.17, 15) is 9.59 Å². The maximum atomic E-state index is 11.6. The minimum atomic E-state index is -0.161. The number of amides is 2. The second kappa shape index (κ2) is 9.09. The van der Waals surface area contributed by atoms with Gasteiger partial charge in [-0.2, -0.15) is 0 Å². The molecule has 1 atom stereocenters. The Hall–Kier alpha value is -1.88. The maximum Gasteiger partial charge on any atom is 0.239 e. The summed E-state index contributed by atoms with van der Waals surface area (Å²) in [4.78, 5) is 23.2. The topological polar surface area (TPSA) is 70.2 Å². The normalized spacial score (nSPS) is 11.7. The molecule has 0 aliphatic rings. The van der Waals surface area contributed by atoms with E-state index in [-0.39, 0.29) is 24.3 Å². The van der Waals surface area contributed by atoms with Crippen molar-refractivity contribution in [3.8, 4) is 0 Å². The van der Waals surface area contributed by atoms with Crippen molar-refractivity contribution < 1.29 is 9.59 Å². The first kappa shape index (κ1) is 16.2. The van der Waals surface area contributed by atoms with Crippen LogP contribution in [-0.4, -0.2) is 38.5 Å². The summed E-state index contributed by atoms with van der Waals surface area (Å²) < 4.78 is 0. The fraction of sp³-hybridized carbons (Fsp3) is 0.467. The van der Waals surface area contributed by atoms with E-state index in [4.69, 9.17) is 0 Å². The molecule has 20 heavy (non-hydrogen) atoms. The highest BCUT2D eigenvalue weighted by atomic mass is 16.2. The molecule has 1 aromatic rings. The Bertz CT molecular complexity index is 420. The molecule has 5 heteroatoms. The van der Waals surface area contributed by atoms with Gasteiger partial charge in [-0.25, -0.2) is 0 Å². The van der Waals surface area contributed by atoms with Crippen LogP contribution in [0, 0.1) is 5.92 Å². The lowest BCUT2D eigenvalue weighted by atomic mass is 10.1. The number of hydrogen-bond acceptors (Lipinski definition) is 3. The second-order valence-electron chi connectivity index (χ2n) is 4.76. The first-order chi connectivity index (χ1) is 9.63. The van der Waals surface area contributed by atoms with Gasteiger partial charge in [-0.05, 0) is 19.0 Å². The summed E-state index contributed by atoms with van der Waals surface area (Å²) in [5, 5.41) is 8.34. The molecule has 0 bridgehead atoms. The Labute approximate surface area is 120 Å². The summed E-state index contributed by atoms with van der Waals surface area (Å²) in [6.45, 7) is 3.02. The van der Waals surface area contributed by atoms with Gasteiger partial charge in [0.25, 0.3) is 0 Å². The van der Waals surface area contributed by atoms with Crippen molar-refractivity contribution in [1.29, 1.82) is 0 Å². The lowest BCUT2D eigenvalue weighted by molar-refractivity contribution is -0.128. The fourth-order valence-electron chi connectivity index (χ4n) is 1.79. The molecule has 110 valence electrons. The Balaban J connectivity index is 2.16. The molecule has 2 amide bonds. The quantitative estimate of drug-likeness (QED) is 0.641. The third kappa shape index (κ3) is 6.33. The van der Waals surface area contributed by atoms with Crippen LogP contribution in [0.15, 0.2) is 30.3 Å². The summed E-state index contributed by atoms with van der Waals surface area (Å²) in [6.07, 6.45) is 0.788. The Kier molecular flexibility index (Phi) is 7.35. The third-order valence-corrected chi connectivity index (χ3v) is 2.96. The van der Waals surface area contributed by atoms with Crippen molar-refractivity contribution in [2.45, 2.75) is 13.3 Å². The Morgan fingerprint density at radius 1 is 1.15 bits per heavy atom. The van der Waals surface area contributed by atoms with Crippen molar-refractivity contribution in [2.24, 2.45) is 5.92 Å². The van der Waals surface area contributed by atoms with Gasteiger partial charge in [-0.1, -0.05) is 37.3 Å². The summed E-state index contributed by atoms with van der Waals surface area (Å²) in [5.74, 6) is -0.416. The maximum absolute atomic E-state index is 11.6. The lowest BCUT2D eigenvalue weighted by Gasteiger charge is -2.11. The first-order valence-corrected chi connectivity index (χ1v) is 6.86. The first-order valence-electron chi connectivity index (χ1n) is 6.86. The van der Waals surface area contributed by atoms with Gasteiger partial charge in [0.15, 0.2) is 0 Å². The molecule has 0 radical (unpaired) electrons. The number of nitrogens with one attached hydrogen (secondary N) is 3. The van der Waals surface area contributed by atoms with Gasteiger partial charge < -0.3 is 16.0 Å². The summed E-state index contributed by atoms with van der Waals surface area (Å²) in [6, 6.07) is 9.95. The molecule has 0 aromatic heterocycles. The second-order valence-corrected chi connectivity index (χ2v) is 4.76. The predicted octanol–water partition coefficient (Wildman–Crippen LogP) is 0.317. The van der Waals surface area contributed by atoms with Crippen LogP contribution in [0.4, 0.5) is 0 Å². The van der Waals surface area contributed by atoms with Crippen LogP contribution < -0.4 is 16.0 Å². The van der Waals surface area contributed by atoms with Crippen LogP contribution in [0.1, 0.15) is 12.5 Å². The molecule has 0 fully saturated rings. The van der Waals surface area contributed by atoms with Crippen LogP contribution in [-0.2, 0) is 16.0 Å². The van der Waals surface area contributed by atoms with Gasteiger partial charge in [0.1, 0.15) is 0 Å². The van der Waals surface area contributed by atoms with Gasteiger partial charge in [0, 0.05) is 19.0 Å². The zero-order valence-corrected chi connectivity index (χ0v) is 12.1. The van der Waals surface area contributed by atoms with E-state index in [0.29, 0.717) is 13.1 Å². The molecule has 0 saturated heterocycles. The third-order valence-electron chi connectivity index (χ3n) is 2.96. The average molecular weight is 277 g/mol. The number of benzene rings is 1. The zero-order chi connectivity index (χ0) is 14.8. The molecule has 0 spiro atoms. The average Bonchev–Trinajstić information content (AvgIpc) is 2.46. The standard InChI is InChI=1S/C15H23N3O2/c1-12(10-16-2)15(20)18-11-14(19)17-9-8-13-6-4-3-5-7-13/h3-7,12,16H,8-11H2,1-2H3,(H,17,19)(H,18,20). The number of carbonyl (C=O) groups excluding carboxylic acids is 2. The van der Waals surface area contributed by atoms with E-state index in [2.05, 4.69) is 16.0 Å². The molecule has 3 N–H and O–H groups in total. The smallest absolute Gasteiger partial charge is 0.239 e. The number of carbonyl (C=O) groups is 2. The van der Waals surface area contributed by atoms with E-state index in [1.807, 2.05) is 37.3 Å². The van der Waals surface area contributed by atoms with Crippen LogP contribution in [0.5, 0.6) is 0 Å². The predicted molar refractivity (Wildman–Crippen MR) is 79.3 cm³/mol. The largest absolute Gasteiger partial charge is 0.354 e. The van der Waals surface area contributed by atoms with Crippen molar-refractivity contribution in [1.82, 2.24) is 16.0 Å². The van der Waals surface area contributed by atoms with E-state index in [1.54, 1.807) is 7.05 Å². The summed E-state index contributed by atoms with van der Waals surface area (Å²) >= 11 is 0. The SMILES string of the molecule is CNCC(C)C(=O)NCC(=O)NCCc1ccccc1. The fourth-order valence-corrected chi connectivity index (χ4v) is 1.79. The van der Waals surface area contributed by atoms with Gasteiger partial charge in [-0.15, -0.1) is 0 Å². The molecule has 0 heterocycles. The highest BCUT2D eigenvalue weighted by Gasteiger charge is 2.12. The van der Waals surface area contributed by atoms with Crippen molar-refractivity contribution in [2.75, 3.05) is 26.7 Å². The molecule has 0 aliphatic heterocycles. The van der Waals surface area contributed by atoms with Gasteiger partial charge in [-0.3, -0.25) is 9.59 Å².